The summed E-state index contributed by atoms with van der Waals surface area (Å²) in [4.78, 5) is 41.4. The number of hydrogen-bond donors (Lipinski definition) is 3. The zero-order chi connectivity index (χ0) is 26.9. The van der Waals surface area contributed by atoms with E-state index in [-0.39, 0.29) is 24.8 Å². The van der Waals surface area contributed by atoms with Crippen LogP contribution in [0.1, 0.15) is 51.8 Å². The van der Waals surface area contributed by atoms with Crippen LogP contribution in [-0.4, -0.2) is 52.1 Å². The van der Waals surface area contributed by atoms with Gasteiger partial charge in [-0.1, -0.05) is 48.5 Å². The lowest BCUT2D eigenvalue weighted by atomic mass is 10.00. The first-order chi connectivity index (χ1) is 16.9. The van der Waals surface area contributed by atoms with Crippen molar-refractivity contribution in [3.63, 3.8) is 0 Å². The van der Waals surface area contributed by atoms with Crippen molar-refractivity contribution >= 4 is 17.9 Å². The molecular weight excluding hydrogens is 458 g/mol. The number of phenolic OH excluding ortho intramolecular Hbond substituents is 1. The predicted octanol–water partition coefficient (Wildman–Crippen LogP) is 4.11. The van der Waals surface area contributed by atoms with Gasteiger partial charge in [-0.05, 0) is 57.9 Å². The molecule has 0 aliphatic carbocycles. The number of phenols is 1. The molecule has 0 radical (unpaired) electrons. The van der Waals surface area contributed by atoms with Crippen molar-refractivity contribution in [3.8, 4) is 5.75 Å². The summed E-state index contributed by atoms with van der Waals surface area (Å²) in [5, 5.41) is 15.6. The maximum atomic E-state index is 14.0. The summed E-state index contributed by atoms with van der Waals surface area (Å²) in [6.45, 7) is 12.6. The van der Waals surface area contributed by atoms with Gasteiger partial charge in [-0.2, -0.15) is 0 Å². The van der Waals surface area contributed by atoms with Gasteiger partial charge in [-0.15, -0.1) is 6.58 Å². The third-order valence-corrected chi connectivity index (χ3v) is 5.06. The Bertz CT molecular complexity index is 1050. The molecule has 8 heteroatoms. The van der Waals surface area contributed by atoms with Gasteiger partial charge in [-0.3, -0.25) is 9.59 Å². The first-order valence-corrected chi connectivity index (χ1v) is 12.0. The molecule has 0 saturated carbocycles. The van der Waals surface area contributed by atoms with Crippen LogP contribution in [0.25, 0.3) is 0 Å². The van der Waals surface area contributed by atoms with Crippen LogP contribution in [0.3, 0.4) is 0 Å². The van der Waals surface area contributed by atoms with Gasteiger partial charge in [0, 0.05) is 19.0 Å². The highest BCUT2D eigenvalue weighted by molar-refractivity contribution is 5.92. The SMILES string of the molecule is C=CCN(C(=O)C(Cc1ccccc1)NC(=O)OC(C)(C)C)C(C(=O)NC(C)C)c1cccc(O)c1. The Morgan fingerprint density at radius 3 is 2.28 bits per heavy atom. The minimum absolute atomic E-state index is 0.0337. The number of carbonyl (C=O) groups is 3. The van der Waals surface area contributed by atoms with E-state index in [9.17, 15) is 19.5 Å². The topological polar surface area (TPSA) is 108 Å². The number of benzene rings is 2. The van der Waals surface area contributed by atoms with Crippen LogP contribution < -0.4 is 10.6 Å². The van der Waals surface area contributed by atoms with Gasteiger partial charge in [0.25, 0.3) is 0 Å². The fraction of sp³-hybridized carbons (Fsp3) is 0.393. The summed E-state index contributed by atoms with van der Waals surface area (Å²) in [7, 11) is 0. The van der Waals surface area contributed by atoms with Gasteiger partial charge in [0.05, 0.1) is 0 Å². The molecule has 2 atom stereocenters. The highest BCUT2D eigenvalue weighted by atomic mass is 16.6. The van der Waals surface area contributed by atoms with E-state index in [1.807, 2.05) is 44.2 Å². The molecule has 0 saturated heterocycles. The molecule has 2 aromatic rings. The van der Waals surface area contributed by atoms with E-state index in [1.165, 1.54) is 23.1 Å². The Morgan fingerprint density at radius 2 is 1.72 bits per heavy atom. The van der Waals surface area contributed by atoms with Crippen LogP contribution in [0.4, 0.5) is 4.79 Å². The van der Waals surface area contributed by atoms with Crippen LogP contribution in [0.2, 0.25) is 0 Å². The number of nitrogens with one attached hydrogen (secondary N) is 2. The maximum absolute atomic E-state index is 14.0. The number of amides is 3. The van der Waals surface area contributed by atoms with Gasteiger partial charge in [0.2, 0.25) is 11.8 Å². The summed E-state index contributed by atoms with van der Waals surface area (Å²) in [6.07, 6.45) is 0.963. The second-order valence-corrected chi connectivity index (χ2v) is 9.83. The lowest BCUT2D eigenvalue weighted by molar-refractivity contribution is -0.142. The fourth-order valence-electron chi connectivity index (χ4n) is 3.69. The van der Waals surface area contributed by atoms with Crippen molar-refractivity contribution in [3.05, 3.63) is 78.4 Å². The lowest BCUT2D eigenvalue weighted by Crippen LogP contribution is -2.54. The standard InChI is InChI=1S/C28H37N3O5/c1-7-16-31(24(25(33)29-19(2)3)21-14-11-15-22(32)18-21)26(34)23(17-20-12-9-8-10-13-20)30-27(35)36-28(4,5)6/h7-15,18-19,23-24,32H,1,16-17H2,2-6H3,(H,29,33)(H,30,35). The van der Waals surface area contributed by atoms with E-state index in [4.69, 9.17) is 4.74 Å². The first-order valence-electron chi connectivity index (χ1n) is 12.0. The summed E-state index contributed by atoms with van der Waals surface area (Å²) < 4.78 is 5.40. The van der Waals surface area contributed by atoms with Crippen LogP contribution >= 0.6 is 0 Å². The Labute approximate surface area is 213 Å². The van der Waals surface area contributed by atoms with Gasteiger partial charge in [0.15, 0.2) is 0 Å². The van der Waals surface area contributed by atoms with Crippen molar-refractivity contribution < 1.29 is 24.2 Å². The second-order valence-electron chi connectivity index (χ2n) is 9.83. The fourth-order valence-corrected chi connectivity index (χ4v) is 3.69. The van der Waals surface area contributed by atoms with Crippen LogP contribution in [0.15, 0.2) is 67.3 Å². The number of hydrogen-bond acceptors (Lipinski definition) is 5. The minimum Gasteiger partial charge on any atom is -0.508 e. The Morgan fingerprint density at radius 1 is 1.06 bits per heavy atom. The number of alkyl carbamates (subject to hydrolysis) is 1. The van der Waals surface area contributed by atoms with Crippen molar-refractivity contribution in [2.24, 2.45) is 0 Å². The molecule has 3 amide bonds. The van der Waals surface area contributed by atoms with Crippen molar-refractivity contribution in [1.29, 1.82) is 0 Å². The monoisotopic (exact) mass is 495 g/mol. The molecule has 0 spiro atoms. The summed E-state index contributed by atoms with van der Waals surface area (Å²) in [5.74, 6) is -0.938. The van der Waals surface area contributed by atoms with Crippen LogP contribution in [0.5, 0.6) is 5.75 Å². The number of carbonyl (C=O) groups excluding carboxylic acids is 3. The normalized spacial score (nSPS) is 12.8. The second kappa shape index (κ2) is 12.8. The molecule has 0 aliphatic rings. The third kappa shape index (κ3) is 8.76. The molecule has 3 N–H and O–H groups in total. The van der Waals surface area contributed by atoms with Crippen molar-refractivity contribution in [2.45, 2.75) is 64.8 Å². The van der Waals surface area contributed by atoms with Gasteiger partial charge in [0.1, 0.15) is 23.4 Å². The molecule has 2 aromatic carbocycles. The largest absolute Gasteiger partial charge is 0.508 e. The predicted molar refractivity (Wildman–Crippen MR) is 139 cm³/mol. The maximum Gasteiger partial charge on any atom is 0.408 e. The van der Waals surface area contributed by atoms with Gasteiger partial charge < -0.3 is 25.4 Å². The van der Waals surface area contributed by atoms with E-state index < -0.39 is 35.6 Å². The van der Waals surface area contributed by atoms with E-state index in [2.05, 4.69) is 17.2 Å². The average molecular weight is 496 g/mol. The molecule has 194 valence electrons. The van der Waals surface area contributed by atoms with E-state index >= 15 is 0 Å². The molecule has 0 aliphatic heterocycles. The Balaban J connectivity index is 2.51. The number of nitrogens with zero attached hydrogens (tertiary/aromatic N) is 1. The molecule has 0 aromatic heterocycles. The number of ether oxygens (including phenoxy) is 1. The molecule has 36 heavy (non-hydrogen) atoms. The molecule has 0 heterocycles. The van der Waals surface area contributed by atoms with Crippen molar-refractivity contribution in [2.75, 3.05) is 6.54 Å². The molecule has 0 bridgehead atoms. The van der Waals surface area contributed by atoms with E-state index in [0.29, 0.717) is 5.56 Å². The van der Waals surface area contributed by atoms with Crippen molar-refractivity contribution in [1.82, 2.24) is 15.5 Å². The highest BCUT2D eigenvalue weighted by Gasteiger charge is 2.36. The summed E-state index contributed by atoms with van der Waals surface area (Å²) in [5.41, 5.74) is 0.497. The molecule has 8 nitrogen and oxygen atoms in total. The average Bonchev–Trinajstić information content (AvgIpc) is 2.77. The zero-order valence-electron chi connectivity index (χ0n) is 21.7. The summed E-state index contributed by atoms with van der Waals surface area (Å²) in [6, 6.07) is 13.2. The molecular formula is C28H37N3O5. The number of aromatic hydroxyl groups is 1. The quantitative estimate of drug-likeness (QED) is 0.430. The van der Waals surface area contributed by atoms with Gasteiger partial charge >= 0.3 is 6.09 Å². The van der Waals surface area contributed by atoms with Gasteiger partial charge in [-0.25, -0.2) is 4.79 Å². The smallest absolute Gasteiger partial charge is 0.408 e. The minimum atomic E-state index is -1.07. The Hall–Kier alpha value is -3.81. The molecule has 2 rings (SSSR count). The molecule has 0 fully saturated rings. The lowest BCUT2D eigenvalue weighted by Gasteiger charge is -2.34. The van der Waals surface area contributed by atoms with Crippen LogP contribution in [-0.2, 0) is 20.7 Å². The zero-order valence-corrected chi connectivity index (χ0v) is 21.7. The van der Waals surface area contributed by atoms with E-state index in [1.54, 1.807) is 32.9 Å². The number of rotatable bonds is 10. The first kappa shape index (κ1) is 28.4. The third-order valence-electron chi connectivity index (χ3n) is 5.06. The van der Waals surface area contributed by atoms with E-state index in [0.717, 1.165) is 5.56 Å². The van der Waals surface area contributed by atoms with Crippen LogP contribution in [0, 0.1) is 0 Å². The summed E-state index contributed by atoms with van der Waals surface area (Å²) >= 11 is 0. The Kier molecular flexibility index (Phi) is 10.1. The molecule has 2 unspecified atom stereocenters. The highest BCUT2D eigenvalue weighted by Crippen LogP contribution is 2.26.